The van der Waals surface area contributed by atoms with Gasteiger partial charge in [-0.25, -0.2) is 9.97 Å². The largest absolute Gasteiger partial charge is 0.384 e. The standard InChI is InChI=1S/C14H23N5/c15-13-10-14(17-11-16-13)19-8-6-18(7-9-19)12-4-2-1-3-5-12/h10-12H,1-9H2,(H2,15,16,17). The molecule has 2 fully saturated rings. The molecule has 2 aliphatic rings. The lowest BCUT2D eigenvalue weighted by molar-refractivity contribution is 0.147. The molecule has 0 bridgehead atoms. The first-order valence-electron chi connectivity index (χ1n) is 7.39. The third kappa shape index (κ3) is 2.97. The van der Waals surface area contributed by atoms with Gasteiger partial charge in [-0.15, -0.1) is 0 Å². The van der Waals surface area contributed by atoms with Crippen molar-refractivity contribution in [2.45, 2.75) is 38.1 Å². The Balaban J connectivity index is 1.57. The van der Waals surface area contributed by atoms with E-state index in [1.54, 1.807) is 6.33 Å². The average molecular weight is 261 g/mol. The highest BCUT2D eigenvalue weighted by atomic mass is 15.3. The summed E-state index contributed by atoms with van der Waals surface area (Å²) in [7, 11) is 0. The molecule has 0 spiro atoms. The van der Waals surface area contributed by atoms with Crippen LogP contribution in [0.1, 0.15) is 32.1 Å². The fourth-order valence-electron chi connectivity index (χ4n) is 3.30. The maximum absolute atomic E-state index is 5.72. The van der Waals surface area contributed by atoms with Crippen LogP contribution in [0, 0.1) is 0 Å². The Morgan fingerprint density at radius 3 is 2.42 bits per heavy atom. The molecule has 104 valence electrons. The molecule has 1 aliphatic heterocycles. The molecule has 2 heterocycles. The monoisotopic (exact) mass is 261 g/mol. The molecular weight excluding hydrogens is 238 g/mol. The van der Waals surface area contributed by atoms with Crippen LogP contribution in [0.5, 0.6) is 0 Å². The average Bonchev–Trinajstić information content (AvgIpc) is 2.48. The van der Waals surface area contributed by atoms with Crippen molar-refractivity contribution in [2.24, 2.45) is 0 Å². The van der Waals surface area contributed by atoms with Crippen molar-refractivity contribution in [3.8, 4) is 0 Å². The van der Waals surface area contributed by atoms with E-state index in [0.29, 0.717) is 5.82 Å². The van der Waals surface area contributed by atoms with E-state index in [9.17, 15) is 0 Å². The number of piperazine rings is 1. The minimum atomic E-state index is 0.555. The van der Waals surface area contributed by atoms with Crippen LogP contribution in [0.15, 0.2) is 12.4 Å². The van der Waals surface area contributed by atoms with Crippen molar-refractivity contribution >= 4 is 11.6 Å². The predicted octanol–water partition coefficient (Wildman–Crippen LogP) is 1.51. The summed E-state index contributed by atoms with van der Waals surface area (Å²) in [5.74, 6) is 1.52. The highest BCUT2D eigenvalue weighted by molar-refractivity contribution is 5.46. The molecule has 0 unspecified atom stereocenters. The molecule has 1 saturated heterocycles. The van der Waals surface area contributed by atoms with Gasteiger partial charge in [-0.05, 0) is 12.8 Å². The van der Waals surface area contributed by atoms with Crippen molar-refractivity contribution < 1.29 is 0 Å². The number of hydrogen-bond donors (Lipinski definition) is 1. The predicted molar refractivity (Wildman–Crippen MR) is 77.1 cm³/mol. The SMILES string of the molecule is Nc1cc(N2CCN(C3CCCCC3)CC2)ncn1. The molecule has 0 amide bonds. The van der Waals surface area contributed by atoms with Gasteiger partial charge in [0.1, 0.15) is 18.0 Å². The van der Waals surface area contributed by atoms with Gasteiger partial charge in [0, 0.05) is 38.3 Å². The summed E-state index contributed by atoms with van der Waals surface area (Å²) in [5.41, 5.74) is 5.72. The number of nitrogens with two attached hydrogens (primary N) is 1. The van der Waals surface area contributed by atoms with Crippen LogP contribution in [-0.4, -0.2) is 47.1 Å². The fraction of sp³-hybridized carbons (Fsp3) is 0.714. The highest BCUT2D eigenvalue weighted by Gasteiger charge is 2.25. The van der Waals surface area contributed by atoms with Gasteiger partial charge in [-0.3, -0.25) is 4.90 Å². The molecule has 1 aliphatic carbocycles. The quantitative estimate of drug-likeness (QED) is 0.874. The van der Waals surface area contributed by atoms with Crippen LogP contribution in [0.3, 0.4) is 0 Å². The summed E-state index contributed by atoms with van der Waals surface area (Å²) in [6, 6.07) is 2.70. The van der Waals surface area contributed by atoms with Gasteiger partial charge in [0.25, 0.3) is 0 Å². The van der Waals surface area contributed by atoms with E-state index < -0.39 is 0 Å². The van der Waals surface area contributed by atoms with E-state index in [0.717, 1.165) is 38.0 Å². The zero-order chi connectivity index (χ0) is 13.1. The molecule has 0 radical (unpaired) electrons. The molecular formula is C14H23N5. The zero-order valence-electron chi connectivity index (χ0n) is 11.5. The molecule has 0 aromatic carbocycles. The second-order valence-corrected chi connectivity index (χ2v) is 5.62. The summed E-state index contributed by atoms with van der Waals surface area (Å²) in [6.07, 6.45) is 8.58. The molecule has 5 heteroatoms. The van der Waals surface area contributed by atoms with Gasteiger partial charge < -0.3 is 10.6 Å². The maximum atomic E-state index is 5.72. The smallest absolute Gasteiger partial charge is 0.134 e. The number of hydrogen-bond acceptors (Lipinski definition) is 5. The van der Waals surface area contributed by atoms with Crippen LogP contribution < -0.4 is 10.6 Å². The van der Waals surface area contributed by atoms with Crippen LogP contribution >= 0.6 is 0 Å². The lowest BCUT2D eigenvalue weighted by atomic mass is 9.94. The minimum absolute atomic E-state index is 0.555. The Hall–Kier alpha value is -1.36. The van der Waals surface area contributed by atoms with Gasteiger partial charge in [-0.2, -0.15) is 0 Å². The normalized spacial score (nSPS) is 22.6. The number of anilines is 2. The number of rotatable bonds is 2. The Morgan fingerprint density at radius 2 is 1.74 bits per heavy atom. The minimum Gasteiger partial charge on any atom is -0.384 e. The van der Waals surface area contributed by atoms with Crippen LogP contribution in [0.4, 0.5) is 11.6 Å². The van der Waals surface area contributed by atoms with Gasteiger partial charge in [0.2, 0.25) is 0 Å². The van der Waals surface area contributed by atoms with Crippen molar-refractivity contribution in [2.75, 3.05) is 36.8 Å². The summed E-state index contributed by atoms with van der Waals surface area (Å²) in [4.78, 5) is 13.3. The van der Waals surface area contributed by atoms with E-state index in [1.807, 2.05) is 6.07 Å². The van der Waals surface area contributed by atoms with Crippen molar-refractivity contribution in [3.63, 3.8) is 0 Å². The number of aromatic nitrogens is 2. The van der Waals surface area contributed by atoms with E-state index in [-0.39, 0.29) is 0 Å². The zero-order valence-corrected chi connectivity index (χ0v) is 11.5. The molecule has 1 aromatic heterocycles. The number of nitrogen functional groups attached to an aromatic ring is 1. The molecule has 2 N–H and O–H groups in total. The van der Waals surface area contributed by atoms with E-state index in [2.05, 4.69) is 19.8 Å². The summed E-state index contributed by atoms with van der Waals surface area (Å²) >= 11 is 0. The van der Waals surface area contributed by atoms with Crippen LogP contribution in [-0.2, 0) is 0 Å². The van der Waals surface area contributed by atoms with Crippen LogP contribution in [0.2, 0.25) is 0 Å². The summed E-state index contributed by atoms with van der Waals surface area (Å²) in [6.45, 7) is 4.39. The van der Waals surface area contributed by atoms with E-state index in [4.69, 9.17) is 5.73 Å². The maximum Gasteiger partial charge on any atom is 0.134 e. The summed E-state index contributed by atoms with van der Waals surface area (Å²) in [5, 5.41) is 0. The summed E-state index contributed by atoms with van der Waals surface area (Å²) < 4.78 is 0. The third-order valence-electron chi connectivity index (χ3n) is 4.40. The van der Waals surface area contributed by atoms with Gasteiger partial charge in [0.15, 0.2) is 0 Å². The first kappa shape index (κ1) is 12.7. The van der Waals surface area contributed by atoms with Crippen molar-refractivity contribution in [3.05, 3.63) is 12.4 Å². The van der Waals surface area contributed by atoms with Gasteiger partial charge in [0.05, 0.1) is 0 Å². The van der Waals surface area contributed by atoms with Crippen LogP contribution in [0.25, 0.3) is 0 Å². The molecule has 1 aromatic rings. The first-order valence-corrected chi connectivity index (χ1v) is 7.39. The van der Waals surface area contributed by atoms with E-state index >= 15 is 0 Å². The Bertz CT molecular complexity index is 408. The van der Waals surface area contributed by atoms with Gasteiger partial charge >= 0.3 is 0 Å². The topological polar surface area (TPSA) is 58.3 Å². The molecule has 3 rings (SSSR count). The highest BCUT2D eigenvalue weighted by Crippen LogP contribution is 2.24. The van der Waals surface area contributed by atoms with Gasteiger partial charge in [-0.1, -0.05) is 19.3 Å². The Morgan fingerprint density at radius 1 is 1.00 bits per heavy atom. The lowest BCUT2D eigenvalue weighted by Crippen LogP contribution is -2.51. The first-order chi connectivity index (χ1) is 9.33. The molecule has 5 nitrogen and oxygen atoms in total. The van der Waals surface area contributed by atoms with E-state index in [1.165, 1.54) is 32.1 Å². The van der Waals surface area contributed by atoms with Crippen molar-refractivity contribution in [1.82, 2.24) is 14.9 Å². The molecule has 19 heavy (non-hydrogen) atoms. The second kappa shape index (κ2) is 5.74. The Kier molecular flexibility index (Phi) is 3.82. The lowest BCUT2D eigenvalue weighted by Gasteiger charge is -2.41. The second-order valence-electron chi connectivity index (χ2n) is 5.62. The Labute approximate surface area is 114 Å². The molecule has 0 atom stereocenters. The molecule has 1 saturated carbocycles. The third-order valence-corrected chi connectivity index (χ3v) is 4.40. The van der Waals surface area contributed by atoms with Crippen molar-refractivity contribution in [1.29, 1.82) is 0 Å². The fourth-order valence-corrected chi connectivity index (χ4v) is 3.30. The number of nitrogens with zero attached hydrogens (tertiary/aromatic N) is 4.